The van der Waals surface area contributed by atoms with Crippen molar-refractivity contribution in [3.63, 3.8) is 0 Å². The van der Waals surface area contributed by atoms with Crippen molar-refractivity contribution < 1.29 is 4.74 Å². The highest BCUT2D eigenvalue weighted by Crippen LogP contribution is 2.29. The van der Waals surface area contributed by atoms with Gasteiger partial charge in [-0.1, -0.05) is 12.1 Å². The van der Waals surface area contributed by atoms with E-state index in [1.54, 1.807) is 4.68 Å². The molecule has 0 bridgehead atoms. The summed E-state index contributed by atoms with van der Waals surface area (Å²) in [4.78, 5) is 0. The highest BCUT2D eigenvalue weighted by Gasteiger charge is 2.16. The van der Waals surface area contributed by atoms with Crippen LogP contribution in [0.4, 0.5) is 0 Å². The number of fused-ring (bicyclic) bond motifs is 1. The summed E-state index contributed by atoms with van der Waals surface area (Å²) in [5.74, 6) is 0.988. The van der Waals surface area contributed by atoms with Crippen molar-refractivity contribution in [1.82, 2.24) is 9.78 Å². The number of nitrogens with zero attached hydrogens (tertiary/aromatic N) is 2. The number of rotatable bonds is 2. The van der Waals surface area contributed by atoms with Crippen LogP contribution >= 0.6 is 0 Å². The van der Waals surface area contributed by atoms with Gasteiger partial charge in [-0.3, -0.25) is 4.68 Å². The second kappa shape index (κ2) is 3.89. The minimum Gasteiger partial charge on any atom is -0.493 e. The van der Waals surface area contributed by atoms with Crippen LogP contribution in [0.2, 0.25) is 0 Å². The third-order valence-electron chi connectivity index (χ3n) is 3.13. The average Bonchev–Trinajstić information content (AvgIpc) is 2.95. The van der Waals surface area contributed by atoms with E-state index in [-0.39, 0.29) is 6.04 Å². The van der Waals surface area contributed by atoms with Gasteiger partial charge in [-0.15, -0.1) is 0 Å². The van der Waals surface area contributed by atoms with Crippen LogP contribution in [0.5, 0.6) is 5.75 Å². The minimum atomic E-state index is -0.165. The summed E-state index contributed by atoms with van der Waals surface area (Å²) < 4.78 is 7.25. The zero-order chi connectivity index (χ0) is 11.8. The Labute approximate surface area is 100 Å². The van der Waals surface area contributed by atoms with Gasteiger partial charge in [-0.2, -0.15) is 5.10 Å². The van der Waals surface area contributed by atoms with E-state index in [4.69, 9.17) is 10.5 Å². The molecule has 2 N–H and O–H groups in total. The first-order chi connectivity index (χ1) is 8.24. The third-order valence-corrected chi connectivity index (χ3v) is 3.13. The Morgan fingerprint density at radius 3 is 3.06 bits per heavy atom. The van der Waals surface area contributed by atoms with Gasteiger partial charge in [0.2, 0.25) is 0 Å². The van der Waals surface area contributed by atoms with Crippen molar-refractivity contribution in [3.05, 3.63) is 47.3 Å². The summed E-state index contributed by atoms with van der Waals surface area (Å²) in [6.45, 7) is 0.775. The van der Waals surface area contributed by atoms with Gasteiger partial charge in [-0.25, -0.2) is 0 Å². The number of aromatic nitrogens is 2. The molecule has 4 heteroatoms. The molecule has 1 unspecified atom stereocenters. The molecule has 17 heavy (non-hydrogen) atoms. The molecular weight excluding hydrogens is 214 g/mol. The lowest BCUT2D eigenvalue weighted by molar-refractivity contribution is 0.357. The molecule has 0 fully saturated rings. The largest absolute Gasteiger partial charge is 0.493 e. The molecule has 1 atom stereocenters. The Kier molecular flexibility index (Phi) is 2.37. The molecule has 0 amide bonds. The molecule has 2 aromatic rings. The van der Waals surface area contributed by atoms with Crippen LogP contribution in [-0.4, -0.2) is 16.4 Å². The van der Waals surface area contributed by atoms with E-state index in [0.29, 0.717) is 0 Å². The fraction of sp³-hybridized carbons (Fsp3) is 0.308. The van der Waals surface area contributed by atoms with Gasteiger partial charge in [0.15, 0.2) is 0 Å². The topological polar surface area (TPSA) is 53.1 Å². The summed E-state index contributed by atoms with van der Waals surface area (Å²) in [5.41, 5.74) is 9.44. The van der Waals surface area contributed by atoms with Crippen LogP contribution in [-0.2, 0) is 13.5 Å². The summed E-state index contributed by atoms with van der Waals surface area (Å²) >= 11 is 0. The Balaban J connectivity index is 1.94. The molecule has 0 radical (unpaired) electrons. The van der Waals surface area contributed by atoms with E-state index in [0.717, 1.165) is 30.0 Å². The molecule has 1 aliphatic rings. The number of aryl methyl sites for hydroxylation is 1. The number of nitrogens with two attached hydrogens (primary N) is 1. The van der Waals surface area contributed by atoms with E-state index in [1.807, 2.05) is 31.4 Å². The van der Waals surface area contributed by atoms with Crippen molar-refractivity contribution in [2.24, 2.45) is 12.8 Å². The standard InChI is InChI=1S/C13H15N3O/c1-16-6-4-11(15-16)13(14)10-2-3-12-9(8-10)5-7-17-12/h2-4,6,8,13H,5,7,14H2,1H3. The second-order valence-corrected chi connectivity index (χ2v) is 4.36. The van der Waals surface area contributed by atoms with E-state index in [9.17, 15) is 0 Å². The molecule has 1 aromatic carbocycles. The lowest BCUT2D eigenvalue weighted by atomic mass is 10.0. The SMILES string of the molecule is Cn1ccc(C(N)c2ccc3c(c2)CCO3)n1. The number of hydrogen-bond acceptors (Lipinski definition) is 3. The Morgan fingerprint density at radius 2 is 2.29 bits per heavy atom. The quantitative estimate of drug-likeness (QED) is 0.847. The Hall–Kier alpha value is -1.81. The first kappa shape index (κ1) is 10.4. The van der Waals surface area contributed by atoms with E-state index in [2.05, 4.69) is 11.2 Å². The van der Waals surface area contributed by atoms with E-state index < -0.39 is 0 Å². The Morgan fingerprint density at radius 1 is 1.41 bits per heavy atom. The maximum Gasteiger partial charge on any atom is 0.122 e. The van der Waals surface area contributed by atoms with Crippen LogP contribution < -0.4 is 10.5 Å². The number of benzene rings is 1. The molecule has 3 rings (SSSR count). The van der Waals surface area contributed by atoms with Gasteiger partial charge >= 0.3 is 0 Å². The Bertz CT molecular complexity index is 547. The van der Waals surface area contributed by atoms with Crippen LogP contribution in [0.25, 0.3) is 0 Å². The molecule has 1 aromatic heterocycles. The van der Waals surface area contributed by atoms with Gasteiger partial charge in [0.05, 0.1) is 18.3 Å². The first-order valence-electron chi connectivity index (χ1n) is 5.75. The van der Waals surface area contributed by atoms with Gasteiger partial charge in [-0.05, 0) is 23.3 Å². The van der Waals surface area contributed by atoms with Crippen LogP contribution in [0.1, 0.15) is 22.9 Å². The number of ether oxygens (including phenoxy) is 1. The van der Waals surface area contributed by atoms with Crippen molar-refractivity contribution in [1.29, 1.82) is 0 Å². The average molecular weight is 229 g/mol. The van der Waals surface area contributed by atoms with Gasteiger partial charge < -0.3 is 10.5 Å². The molecule has 1 aliphatic heterocycles. The van der Waals surface area contributed by atoms with Crippen molar-refractivity contribution in [2.75, 3.05) is 6.61 Å². The smallest absolute Gasteiger partial charge is 0.122 e. The predicted molar refractivity (Wildman–Crippen MR) is 64.9 cm³/mol. The van der Waals surface area contributed by atoms with Crippen molar-refractivity contribution >= 4 is 0 Å². The normalized spacial score (nSPS) is 15.4. The fourth-order valence-corrected chi connectivity index (χ4v) is 2.17. The van der Waals surface area contributed by atoms with Crippen molar-refractivity contribution in [3.8, 4) is 5.75 Å². The molecule has 4 nitrogen and oxygen atoms in total. The monoisotopic (exact) mass is 229 g/mol. The van der Waals surface area contributed by atoms with Crippen LogP contribution in [0.15, 0.2) is 30.5 Å². The molecule has 2 heterocycles. The molecular formula is C13H15N3O. The lowest BCUT2D eigenvalue weighted by Gasteiger charge is -2.10. The van der Waals surface area contributed by atoms with Crippen LogP contribution in [0, 0.1) is 0 Å². The lowest BCUT2D eigenvalue weighted by Crippen LogP contribution is -2.13. The molecule has 0 spiro atoms. The minimum absolute atomic E-state index is 0.165. The highest BCUT2D eigenvalue weighted by atomic mass is 16.5. The van der Waals surface area contributed by atoms with Gasteiger partial charge in [0.25, 0.3) is 0 Å². The summed E-state index contributed by atoms with van der Waals surface area (Å²) in [6, 6.07) is 7.93. The summed E-state index contributed by atoms with van der Waals surface area (Å²) in [5, 5.41) is 4.34. The van der Waals surface area contributed by atoms with Crippen LogP contribution in [0.3, 0.4) is 0 Å². The third kappa shape index (κ3) is 1.80. The van der Waals surface area contributed by atoms with E-state index >= 15 is 0 Å². The molecule has 0 aliphatic carbocycles. The number of hydrogen-bond donors (Lipinski definition) is 1. The maximum atomic E-state index is 6.21. The molecule has 0 saturated heterocycles. The fourth-order valence-electron chi connectivity index (χ4n) is 2.17. The first-order valence-corrected chi connectivity index (χ1v) is 5.75. The maximum absolute atomic E-state index is 6.21. The predicted octanol–water partition coefficient (Wildman–Crippen LogP) is 1.40. The van der Waals surface area contributed by atoms with Crippen molar-refractivity contribution in [2.45, 2.75) is 12.5 Å². The molecule has 88 valence electrons. The highest BCUT2D eigenvalue weighted by molar-refractivity contribution is 5.42. The van der Waals surface area contributed by atoms with E-state index in [1.165, 1.54) is 5.56 Å². The van der Waals surface area contributed by atoms with Gasteiger partial charge in [0, 0.05) is 19.7 Å². The van der Waals surface area contributed by atoms with Gasteiger partial charge in [0.1, 0.15) is 5.75 Å². The second-order valence-electron chi connectivity index (χ2n) is 4.36. The zero-order valence-electron chi connectivity index (χ0n) is 9.76. The summed E-state index contributed by atoms with van der Waals surface area (Å²) in [7, 11) is 1.90. The molecule has 0 saturated carbocycles. The summed E-state index contributed by atoms with van der Waals surface area (Å²) in [6.07, 6.45) is 2.88. The zero-order valence-corrected chi connectivity index (χ0v) is 9.76.